The van der Waals surface area contributed by atoms with E-state index >= 15 is 0 Å². The van der Waals surface area contributed by atoms with Crippen LogP contribution in [0.15, 0.2) is 22.7 Å². The number of benzene rings is 1. The molecule has 1 aliphatic rings. The number of carbonyl (C=O) groups is 1. The smallest absolute Gasteiger partial charge is 0.298 e. The Morgan fingerprint density at radius 1 is 1.31 bits per heavy atom. The fraction of sp³-hybridized carbons (Fsp3) is 0.421. The molecular formula is C19H22Cl2N4O3S. The first-order valence-electron chi connectivity index (χ1n) is 9.14. The third-order valence-corrected chi connectivity index (χ3v) is 6.25. The average molecular weight is 457 g/mol. The van der Waals surface area contributed by atoms with E-state index in [9.17, 15) is 4.79 Å². The number of anilines is 1. The Labute approximate surface area is 184 Å². The summed E-state index contributed by atoms with van der Waals surface area (Å²) in [6.07, 6.45) is 0. The van der Waals surface area contributed by atoms with Gasteiger partial charge >= 0.3 is 0 Å². The lowest BCUT2D eigenvalue weighted by Crippen LogP contribution is -2.43. The minimum Gasteiger partial charge on any atom is -0.379 e. The fourth-order valence-corrected chi connectivity index (χ4v) is 4.35. The van der Waals surface area contributed by atoms with Crippen LogP contribution in [0.1, 0.15) is 21.8 Å². The number of rotatable bonds is 5. The first kappa shape index (κ1) is 22.0. The van der Waals surface area contributed by atoms with Crippen LogP contribution in [0, 0.1) is 13.8 Å². The normalized spacial score (nSPS) is 14.7. The van der Waals surface area contributed by atoms with Crippen LogP contribution in [0.3, 0.4) is 0 Å². The van der Waals surface area contributed by atoms with Crippen LogP contribution < -0.4 is 4.90 Å². The molecule has 1 aromatic carbocycles. The third kappa shape index (κ3) is 4.73. The zero-order chi connectivity index (χ0) is 19.7. The Balaban J connectivity index is 0.00000240. The summed E-state index contributed by atoms with van der Waals surface area (Å²) in [5.74, 6) is -0.0230. The molecule has 0 saturated carbocycles. The van der Waals surface area contributed by atoms with Crippen molar-refractivity contribution in [2.24, 2.45) is 0 Å². The lowest BCUT2D eigenvalue weighted by molar-refractivity contribution is 0.0390. The molecule has 156 valence electrons. The topological polar surface area (TPSA) is 71.7 Å². The second-order valence-electron chi connectivity index (χ2n) is 6.76. The number of nitrogens with zero attached hydrogens (tertiary/aromatic N) is 4. The molecule has 0 spiro atoms. The summed E-state index contributed by atoms with van der Waals surface area (Å²) in [4.78, 5) is 21.8. The van der Waals surface area contributed by atoms with Crippen molar-refractivity contribution in [2.45, 2.75) is 13.8 Å². The summed E-state index contributed by atoms with van der Waals surface area (Å²) >= 11 is 7.72. The molecule has 4 rings (SSSR count). The number of carbonyl (C=O) groups excluding carboxylic acids is 1. The summed E-state index contributed by atoms with van der Waals surface area (Å²) in [7, 11) is 0. The Kier molecular flexibility index (Phi) is 7.13. The summed E-state index contributed by atoms with van der Waals surface area (Å²) in [5.41, 5.74) is 2.41. The van der Waals surface area contributed by atoms with E-state index in [-0.39, 0.29) is 24.1 Å². The van der Waals surface area contributed by atoms with Crippen LogP contribution in [0.25, 0.3) is 10.2 Å². The maximum absolute atomic E-state index is 13.1. The van der Waals surface area contributed by atoms with Crippen LogP contribution in [-0.4, -0.2) is 60.3 Å². The molecule has 0 unspecified atom stereocenters. The van der Waals surface area contributed by atoms with Crippen LogP contribution >= 0.6 is 35.3 Å². The predicted molar refractivity (Wildman–Crippen MR) is 117 cm³/mol. The zero-order valence-electron chi connectivity index (χ0n) is 16.2. The van der Waals surface area contributed by atoms with Gasteiger partial charge in [0.05, 0.1) is 29.1 Å². The summed E-state index contributed by atoms with van der Waals surface area (Å²) < 4.78 is 11.6. The van der Waals surface area contributed by atoms with Gasteiger partial charge in [0.25, 0.3) is 5.91 Å². The average Bonchev–Trinajstić information content (AvgIpc) is 3.32. The number of aromatic nitrogens is 2. The molecular weight excluding hydrogens is 435 g/mol. The standard InChI is InChI=1S/C19H21ClN4O3S.ClH/c1-12-11-15(27-22-12)18(25)24(6-5-23-7-9-26-10-8-23)19-21-17-13(2)14(20)3-4-16(17)28-19;/h3-4,11H,5-10H2,1-2H3;1H. The lowest BCUT2D eigenvalue weighted by atomic mass is 10.2. The van der Waals surface area contributed by atoms with Gasteiger partial charge in [0.15, 0.2) is 5.13 Å². The third-order valence-electron chi connectivity index (χ3n) is 4.79. The molecule has 1 saturated heterocycles. The Bertz CT molecular complexity index is 1000. The van der Waals surface area contributed by atoms with E-state index in [0.717, 1.165) is 35.4 Å². The van der Waals surface area contributed by atoms with Crippen LogP contribution in [-0.2, 0) is 4.74 Å². The molecule has 0 N–H and O–H groups in total. The van der Waals surface area contributed by atoms with Gasteiger partial charge in [-0.15, -0.1) is 12.4 Å². The van der Waals surface area contributed by atoms with Gasteiger partial charge in [-0.2, -0.15) is 0 Å². The zero-order valence-corrected chi connectivity index (χ0v) is 18.6. The van der Waals surface area contributed by atoms with E-state index in [1.807, 2.05) is 19.1 Å². The van der Waals surface area contributed by atoms with Crippen molar-refractivity contribution in [3.05, 3.63) is 40.2 Å². The van der Waals surface area contributed by atoms with Crippen LogP contribution in [0.4, 0.5) is 5.13 Å². The van der Waals surface area contributed by atoms with E-state index in [2.05, 4.69) is 10.1 Å². The molecule has 0 bridgehead atoms. The Hall–Kier alpha value is -1.71. The number of aryl methyl sites for hydroxylation is 2. The SMILES string of the molecule is Cc1cc(C(=O)N(CCN2CCOCC2)c2nc3c(C)c(Cl)ccc3s2)on1.Cl. The monoisotopic (exact) mass is 456 g/mol. The Morgan fingerprint density at radius 3 is 2.76 bits per heavy atom. The highest BCUT2D eigenvalue weighted by molar-refractivity contribution is 7.22. The van der Waals surface area contributed by atoms with Crippen molar-refractivity contribution in [3.63, 3.8) is 0 Å². The first-order valence-corrected chi connectivity index (χ1v) is 10.3. The van der Waals surface area contributed by atoms with Gasteiger partial charge in [-0.25, -0.2) is 4.98 Å². The van der Waals surface area contributed by atoms with E-state index < -0.39 is 0 Å². The van der Waals surface area contributed by atoms with Gasteiger partial charge < -0.3 is 9.26 Å². The summed E-state index contributed by atoms with van der Waals surface area (Å²) in [5, 5.41) is 5.15. The van der Waals surface area contributed by atoms with Gasteiger partial charge in [-0.05, 0) is 31.5 Å². The highest BCUT2D eigenvalue weighted by Gasteiger charge is 2.26. The van der Waals surface area contributed by atoms with E-state index in [1.54, 1.807) is 17.9 Å². The summed E-state index contributed by atoms with van der Waals surface area (Å²) in [6.45, 7) is 8.12. The van der Waals surface area contributed by atoms with Gasteiger partial charge in [0, 0.05) is 37.3 Å². The molecule has 29 heavy (non-hydrogen) atoms. The first-order chi connectivity index (χ1) is 13.5. The maximum atomic E-state index is 13.1. The molecule has 1 aliphatic heterocycles. The maximum Gasteiger partial charge on any atom is 0.298 e. The predicted octanol–water partition coefficient (Wildman–Crippen LogP) is 3.96. The number of ether oxygens (including phenoxy) is 1. The number of halogens is 2. The molecule has 1 amide bonds. The van der Waals surface area contributed by atoms with Crippen molar-refractivity contribution in [2.75, 3.05) is 44.3 Å². The number of morpholine rings is 1. The van der Waals surface area contributed by atoms with E-state index in [1.165, 1.54) is 11.3 Å². The molecule has 0 aliphatic carbocycles. The van der Waals surface area contributed by atoms with Crippen LogP contribution in [0.2, 0.25) is 5.02 Å². The number of fused-ring (bicyclic) bond motifs is 1. The van der Waals surface area contributed by atoms with Crippen LogP contribution in [0.5, 0.6) is 0 Å². The number of amides is 1. The molecule has 10 heteroatoms. The molecule has 3 aromatic rings. The van der Waals surface area contributed by atoms with Crippen molar-refractivity contribution in [1.29, 1.82) is 0 Å². The lowest BCUT2D eigenvalue weighted by Gasteiger charge is -2.28. The number of hydrogen-bond donors (Lipinski definition) is 0. The summed E-state index contributed by atoms with van der Waals surface area (Å²) in [6, 6.07) is 5.45. The van der Waals surface area contributed by atoms with Crippen molar-refractivity contribution in [1.82, 2.24) is 15.0 Å². The highest BCUT2D eigenvalue weighted by atomic mass is 35.5. The van der Waals surface area contributed by atoms with Gasteiger partial charge in [-0.3, -0.25) is 14.6 Å². The number of thiazole rings is 1. The van der Waals surface area contributed by atoms with Crippen molar-refractivity contribution < 1.29 is 14.1 Å². The second kappa shape index (κ2) is 9.40. The van der Waals surface area contributed by atoms with Crippen molar-refractivity contribution >= 4 is 56.6 Å². The molecule has 1 fully saturated rings. The van der Waals surface area contributed by atoms with Gasteiger partial charge in [-0.1, -0.05) is 28.1 Å². The molecule has 3 heterocycles. The second-order valence-corrected chi connectivity index (χ2v) is 8.18. The number of hydrogen-bond acceptors (Lipinski definition) is 7. The van der Waals surface area contributed by atoms with E-state index in [0.29, 0.717) is 35.6 Å². The molecule has 2 aromatic heterocycles. The highest BCUT2D eigenvalue weighted by Crippen LogP contribution is 2.34. The molecule has 0 atom stereocenters. The van der Waals surface area contributed by atoms with Gasteiger partial charge in [0.1, 0.15) is 0 Å². The minimum absolute atomic E-state index is 0. The fourth-order valence-electron chi connectivity index (χ4n) is 3.15. The largest absolute Gasteiger partial charge is 0.379 e. The minimum atomic E-state index is -0.239. The Morgan fingerprint density at radius 2 is 2.07 bits per heavy atom. The quantitative estimate of drug-likeness (QED) is 0.578. The van der Waals surface area contributed by atoms with Gasteiger partial charge in [0.2, 0.25) is 5.76 Å². The van der Waals surface area contributed by atoms with E-state index in [4.69, 9.17) is 25.8 Å². The molecule has 0 radical (unpaired) electrons. The van der Waals surface area contributed by atoms with Crippen molar-refractivity contribution in [3.8, 4) is 0 Å². The molecule has 7 nitrogen and oxygen atoms in total.